The van der Waals surface area contributed by atoms with Crippen LogP contribution in [0.25, 0.3) is 0 Å². The van der Waals surface area contributed by atoms with Crippen molar-refractivity contribution in [2.24, 2.45) is 0 Å². The molecule has 3 rings (SSSR count). The summed E-state index contributed by atoms with van der Waals surface area (Å²) < 4.78 is 13.5. The lowest BCUT2D eigenvalue weighted by Gasteiger charge is -2.36. The number of aromatic hydroxyl groups is 1. The van der Waals surface area contributed by atoms with Crippen LogP contribution in [0, 0.1) is 5.82 Å². The van der Waals surface area contributed by atoms with Crippen molar-refractivity contribution >= 4 is 0 Å². The largest absolute Gasteiger partial charge is 0.508 e. The third-order valence-corrected chi connectivity index (χ3v) is 3.88. The first-order chi connectivity index (χ1) is 10.2. The van der Waals surface area contributed by atoms with E-state index in [-0.39, 0.29) is 17.6 Å². The standard InChI is InChI=1S/C17H19FN2O/c18-15-5-2-4-14(10-15)17-11-19-7-8-20(17)12-13-3-1-6-16(21)9-13/h1-6,9-10,17,19,21H,7-8,11-12H2. The van der Waals surface area contributed by atoms with Gasteiger partial charge in [-0.1, -0.05) is 24.3 Å². The maximum Gasteiger partial charge on any atom is 0.123 e. The van der Waals surface area contributed by atoms with Crippen molar-refractivity contribution in [3.8, 4) is 5.75 Å². The Bertz CT molecular complexity index is 617. The Morgan fingerprint density at radius 2 is 2.05 bits per heavy atom. The van der Waals surface area contributed by atoms with Crippen LogP contribution in [-0.2, 0) is 6.54 Å². The predicted octanol–water partition coefficient (Wildman–Crippen LogP) is 2.68. The van der Waals surface area contributed by atoms with E-state index in [1.807, 2.05) is 18.2 Å². The molecule has 2 aromatic carbocycles. The summed E-state index contributed by atoms with van der Waals surface area (Å²) in [6, 6.07) is 14.3. The van der Waals surface area contributed by atoms with Crippen LogP contribution in [0.1, 0.15) is 17.2 Å². The Balaban J connectivity index is 1.81. The summed E-state index contributed by atoms with van der Waals surface area (Å²) in [7, 11) is 0. The highest BCUT2D eigenvalue weighted by Crippen LogP contribution is 2.25. The van der Waals surface area contributed by atoms with Gasteiger partial charge in [0.15, 0.2) is 0 Å². The van der Waals surface area contributed by atoms with Gasteiger partial charge in [-0.3, -0.25) is 4.90 Å². The van der Waals surface area contributed by atoms with Crippen molar-refractivity contribution in [1.82, 2.24) is 10.2 Å². The molecule has 0 saturated carbocycles. The highest BCUT2D eigenvalue weighted by Gasteiger charge is 2.24. The molecule has 0 spiro atoms. The second-order valence-electron chi connectivity index (χ2n) is 5.42. The smallest absolute Gasteiger partial charge is 0.123 e. The number of piperazine rings is 1. The van der Waals surface area contributed by atoms with Gasteiger partial charge in [0.25, 0.3) is 0 Å². The zero-order valence-electron chi connectivity index (χ0n) is 11.8. The van der Waals surface area contributed by atoms with Gasteiger partial charge in [-0.15, -0.1) is 0 Å². The summed E-state index contributed by atoms with van der Waals surface area (Å²) in [5.74, 6) is 0.0836. The van der Waals surface area contributed by atoms with E-state index in [1.165, 1.54) is 6.07 Å². The number of hydrogen-bond donors (Lipinski definition) is 2. The van der Waals surface area contributed by atoms with Gasteiger partial charge in [0.2, 0.25) is 0 Å². The quantitative estimate of drug-likeness (QED) is 0.910. The van der Waals surface area contributed by atoms with Crippen molar-refractivity contribution in [3.05, 3.63) is 65.5 Å². The summed E-state index contributed by atoms with van der Waals surface area (Å²) in [6.07, 6.45) is 0. The minimum atomic E-state index is -0.199. The number of phenols is 1. The number of hydrogen-bond acceptors (Lipinski definition) is 3. The molecule has 0 radical (unpaired) electrons. The maximum atomic E-state index is 13.5. The van der Waals surface area contributed by atoms with E-state index in [0.717, 1.165) is 37.3 Å². The second kappa shape index (κ2) is 6.24. The number of nitrogens with zero attached hydrogens (tertiary/aromatic N) is 1. The average Bonchev–Trinajstić information content (AvgIpc) is 2.48. The zero-order chi connectivity index (χ0) is 14.7. The first-order valence-electron chi connectivity index (χ1n) is 7.20. The zero-order valence-corrected chi connectivity index (χ0v) is 11.8. The van der Waals surface area contributed by atoms with E-state index in [9.17, 15) is 9.50 Å². The molecule has 0 amide bonds. The van der Waals surface area contributed by atoms with Gasteiger partial charge in [-0.05, 0) is 35.4 Å². The summed E-state index contributed by atoms with van der Waals surface area (Å²) >= 11 is 0. The van der Waals surface area contributed by atoms with Crippen LogP contribution in [0.3, 0.4) is 0 Å². The predicted molar refractivity (Wildman–Crippen MR) is 80.5 cm³/mol. The Morgan fingerprint density at radius 3 is 2.86 bits per heavy atom. The minimum absolute atomic E-state index is 0.150. The van der Waals surface area contributed by atoms with Crippen LogP contribution in [0.2, 0.25) is 0 Å². The Morgan fingerprint density at radius 1 is 1.19 bits per heavy atom. The third-order valence-electron chi connectivity index (χ3n) is 3.88. The highest BCUT2D eigenvalue weighted by molar-refractivity contribution is 5.28. The van der Waals surface area contributed by atoms with Gasteiger partial charge in [-0.2, -0.15) is 0 Å². The lowest BCUT2D eigenvalue weighted by molar-refractivity contribution is 0.153. The molecule has 21 heavy (non-hydrogen) atoms. The first-order valence-corrected chi connectivity index (χ1v) is 7.20. The van der Waals surface area contributed by atoms with Gasteiger partial charge in [0, 0.05) is 32.2 Å². The average molecular weight is 286 g/mol. The molecule has 1 heterocycles. The molecule has 4 heteroatoms. The van der Waals surface area contributed by atoms with E-state index in [4.69, 9.17) is 0 Å². The molecule has 1 aliphatic heterocycles. The number of phenolic OH excluding ortho intramolecular Hbond substituents is 1. The van der Waals surface area contributed by atoms with Crippen LogP contribution in [0.4, 0.5) is 4.39 Å². The fourth-order valence-electron chi connectivity index (χ4n) is 2.87. The highest BCUT2D eigenvalue weighted by atomic mass is 19.1. The topological polar surface area (TPSA) is 35.5 Å². The number of nitrogens with one attached hydrogen (secondary N) is 1. The number of rotatable bonds is 3. The molecule has 3 nitrogen and oxygen atoms in total. The molecule has 2 N–H and O–H groups in total. The molecule has 2 aromatic rings. The number of halogens is 1. The molecule has 1 fully saturated rings. The molecule has 1 saturated heterocycles. The molecular formula is C17H19FN2O. The summed E-state index contributed by atoms with van der Waals surface area (Å²) in [6.45, 7) is 3.38. The lowest BCUT2D eigenvalue weighted by Crippen LogP contribution is -2.45. The Labute approximate surface area is 124 Å². The van der Waals surface area contributed by atoms with Crippen LogP contribution >= 0.6 is 0 Å². The van der Waals surface area contributed by atoms with E-state index in [1.54, 1.807) is 24.3 Å². The number of benzene rings is 2. The van der Waals surface area contributed by atoms with Gasteiger partial charge >= 0.3 is 0 Å². The lowest BCUT2D eigenvalue weighted by atomic mass is 10.0. The molecule has 1 atom stereocenters. The third kappa shape index (κ3) is 3.40. The Hall–Kier alpha value is -1.91. The van der Waals surface area contributed by atoms with Crippen molar-refractivity contribution in [1.29, 1.82) is 0 Å². The van der Waals surface area contributed by atoms with Crippen LogP contribution in [-0.4, -0.2) is 29.6 Å². The summed E-state index contributed by atoms with van der Waals surface area (Å²) in [5, 5.41) is 12.9. The van der Waals surface area contributed by atoms with E-state index < -0.39 is 0 Å². The summed E-state index contributed by atoms with van der Waals surface area (Å²) in [4.78, 5) is 2.32. The van der Waals surface area contributed by atoms with Gasteiger partial charge < -0.3 is 10.4 Å². The van der Waals surface area contributed by atoms with Gasteiger partial charge in [0.1, 0.15) is 11.6 Å². The van der Waals surface area contributed by atoms with Crippen LogP contribution in [0.5, 0.6) is 5.75 Å². The van der Waals surface area contributed by atoms with E-state index in [2.05, 4.69) is 10.2 Å². The van der Waals surface area contributed by atoms with Crippen molar-refractivity contribution in [3.63, 3.8) is 0 Å². The molecule has 110 valence electrons. The van der Waals surface area contributed by atoms with Gasteiger partial charge in [0.05, 0.1) is 0 Å². The SMILES string of the molecule is Oc1cccc(CN2CCNCC2c2cccc(F)c2)c1. The molecule has 0 aliphatic carbocycles. The minimum Gasteiger partial charge on any atom is -0.508 e. The van der Waals surface area contributed by atoms with E-state index >= 15 is 0 Å². The first kappa shape index (κ1) is 14.0. The molecule has 1 aliphatic rings. The van der Waals surface area contributed by atoms with Crippen LogP contribution < -0.4 is 5.32 Å². The fourth-order valence-corrected chi connectivity index (χ4v) is 2.87. The molecule has 0 bridgehead atoms. The molecular weight excluding hydrogens is 267 g/mol. The monoisotopic (exact) mass is 286 g/mol. The van der Waals surface area contributed by atoms with E-state index in [0.29, 0.717) is 0 Å². The second-order valence-corrected chi connectivity index (χ2v) is 5.42. The molecule has 0 aromatic heterocycles. The van der Waals surface area contributed by atoms with Crippen molar-refractivity contribution in [2.75, 3.05) is 19.6 Å². The maximum absolute atomic E-state index is 13.5. The molecule has 1 unspecified atom stereocenters. The summed E-state index contributed by atoms with van der Waals surface area (Å²) in [5.41, 5.74) is 2.06. The van der Waals surface area contributed by atoms with Crippen molar-refractivity contribution < 1.29 is 9.50 Å². The van der Waals surface area contributed by atoms with Crippen LogP contribution in [0.15, 0.2) is 48.5 Å². The van der Waals surface area contributed by atoms with Crippen molar-refractivity contribution in [2.45, 2.75) is 12.6 Å². The Kier molecular flexibility index (Phi) is 4.18. The normalized spacial score (nSPS) is 19.6. The fraction of sp³-hybridized carbons (Fsp3) is 0.294. The van der Waals surface area contributed by atoms with Gasteiger partial charge in [-0.25, -0.2) is 4.39 Å².